The van der Waals surface area contributed by atoms with E-state index in [-0.39, 0.29) is 5.15 Å². The molecule has 0 saturated heterocycles. The van der Waals surface area contributed by atoms with Crippen molar-refractivity contribution in [3.8, 4) is 0 Å². The summed E-state index contributed by atoms with van der Waals surface area (Å²) >= 11 is 9.09. The molecule has 4 nitrogen and oxygen atoms in total. The first-order chi connectivity index (χ1) is 9.10. The lowest BCUT2D eigenvalue weighted by atomic mass is 10.1. The van der Waals surface area contributed by atoms with E-state index in [2.05, 4.69) is 21.3 Å². The van der Waals surface area contributed by atoms with Gasteiger partial charge in [0.2, 0.25) is 0 Å². The minimum absolute atomic E-state index is 0.212. The summed E-state index contributed by atoms with van der Waals surface area (Å²) in [5.41, 5.74) is 0. The first-order valence-electron chi connectivity index (χ1n) is 6.14. The number of rotatable bonds is 5. The van der Waals surface area contributed by atoms with Crippen LogP contribution in [-0.2, 0) is 4.74 Å². The molecule has 1 aliphatic carbocycles. The molecule has 0 bridgehead atoms. The van der Waals surface area contributed by atoms with Gasteiger partial charge in [0.15, 0.2) is 15.2 Å². The number of halogens is 1. The lowest BCUT2D eigenvalue weighted by Crippen LogP contribution is -2.29. The van der Waals surface area contributed by atoms with Gasteiger partial charge in [0.25, 0.3) is 0 Å². The zero-order valence-electron chi connectivity index (χ0n) is 11.0. The van der Waals surface area contributed by atoms with Crippen molar-refractivity contribution in [2.45, 2.75) is 30.4 Å². The quantitative estimate of drug-likeness (QED) is 0.839. The standard InChI is InChI=1S/C12H17ClN2O2S2/c1-17-10(16)8-9(13)15-11(19-8)14-7-12(18-2)5-3-4-6-12/h3-7H2,1-2H3,(H,14,15). The number of esters is 1. The van der Waals surface area contributed by atoms with Crippen LogP contribution in [0.5, 0.6) is 0 Å². The van der Waals surface area contributed by atoms with Crippen LogP contribution in [-0.4, -0.2) is 35.6 Å². The number of thiazole rings is 1. The average molecular weight is 321 g/mol. The molecule has 1 N–H and O–H groups in total. The third-order valence-corrected chi connectivity index (χ3v) is 6.26. The van der Waals surface area contributed by atoms with E-state index < -0.39 is 5.97 Å². The average Bonchev–Trinajstić information content (AvgIpc) is 3.03. The molecule has 1 aromatic heterocycles. The maximum Gasteiger partial charge on any atom is 0.351 e. The number of aromatic nitrogens is 1. The van der Waals surface area contributed by atoms with Crippen molar-refractivity contribution in [1.82, 2.24) is 4.98 Å². The third-order valence-electron chi connectivity index (χ3n) is 3.47. The molecule has 0 unspecified atom stereocenters. The summed E-state index contributed by atoms with van der Waals surface area (Å²) in [7, 11) is 1.34. The lowest BCUT2D eigenvalue weighted by molar-refractivity contribution is 0.0606. The van der Waals surface area contributed by atoms with Crippen LogP contribution in [0.2, 0.25) is 5.15 Å². The third kappa shape index (κ3) is 3.35. The molecule has 0 radical (unpaired) electrons. The van der Waals surface area contributed by atoms with Gasteiger partial charge in [-0.3, -0.25) is 0 Å². The van der Waals surface area contributed by atoms with E-state index in [1.165, 1.54) is 44.1 Å². The molecule has 0 amide bonds. The Bertz CT molecular complexity index is 459. The van der Waals surface area contributed by atoms with Gasteiger partial charge >= 0.3 is 5.97 Å². The number of thioether (sulfide) groups is 1. The summed E-state index contributed by atoms with van der Waals surface area (Å²) in [6, 6.07) is 0. The predicted octanol–water partition coefficient (Wildman–Crippen LogP) is 3.67. The zero-order valence-corrected chi connectivity index (χ0v) is 13.4. The Morgan fingerprint density at radius 3 is 2.84 bits per heavy atom. The SMILES string of the molecule is COC(=O)c1sc(NCC2(SC)CCCC2)nc1Cl. The van der Waals surface area contributed by atoms with E-state index in [0.717, 1.165) is 6.54 Å². The molecular formula is C12H17ClN2O2S2. The molecule has 0 spiro atoms. The van der Waals surface area contributed by atoms with Gasteiger partial charge in [0, 0.05) is 11.3 Å². The van der Waals surface area contributed by atoms with Crippen LogP contribution in [0.3, 0.4) is 0 Å². The van der Waals surface area contributed by atoms with Gasteiger partial charge in [-0.15, -0.1) is 0 Å². The van der Waals surface area contributed by atoms with Gasteiger partial charge in [0.05, 0.1) is 7.11 Å². The van der Waals surface area contributed by atoms with Crippen molar-refractivity contribution < 1.29 is 9.53 Å². The van der Waals surface area contributed by atoms with Crippen LogP contribution in [0.25, 0.3) is 0 Å². The number of anilines is 1. The van der Waals surface area contributed by atoms with Gasteiger partial charge in [-0.1, -0.05) is 35.8 Å². The van der Waals surface area contributed by atoms with Crippen LogP contribution in [0, 0.1) is 0 Å². The van der Waals surface area contributed by atoms with Crippen LogP contribution in [0.4, 0.5) is 5.13 Å². The molecule has 7 heteroatoms. The van der Waals surface area contributed by atoms with Crippen LogP contribution < -0.4 is 5.32 Å². The number of ether oxygens (including phenoxy) is 1. The van der Waals surface area contributed by atoms with E-state index in [1.807, 2.05) is 11.8 Å². The minimum atomic E-state index is -0.434. The Kier molecular flexibility index (Phi) is 4.97. The van der Waals surface area contributed by atoms with Crippen molar-refractivity contribution >= 4 is 45.8 Å². The van der Waals surface area contributed by atoms with Crippen molar-refractivity contribution in [2.24, 2.45) is 0 Å². The zero-order chi connectivity index (χ0) is 13.9. The maximum atomic E-state index is 11.5. The first-order valence-corrected chi connectivity index (χ1v) is 8.56. The van der Waals surface area contributed by atoms with Gasteiger partial charge in [-0.25, -0.2) is 9.78 Å². The Morgan fingerprint density at radius 2 is 2.26 bits per heavy atom. The second-order valence-corrected chi connectivity index (χ2v) is 7.21. The number of nitrogens with one attached hydrogen (secondary N) is 1. The first kappa shape index (κ1) is 14.9. The van der Waals surface area contributed by atoms with E-state index >= 15 is 0 Å². The highest BCUT2D eigenvalue weighted by Crippen LogP contribution is 2.40. The van der Waals surface area contributed by atoms with Gasteiger partial charge in [0.1, 0.15) is 0 Å². The number of hydrogen-bond acceptors (Lipinski definition) is 6. The van der Waals surface area contributed by atoms with E-state index in [9.17, 15) is 4.79 Å². The molecule has 0 aromatic carbocycles. The highest BCUT2D eigenvalue weighted by Gasteiger charge is 2.33. The molecule has 1 saturated carbocycles. The molecule has 1 heterocycles. The number of nitrogens with zero attached hydrogens (tertiary/aromatic N) is 1. The molecule has 1 aliphatic rings. The Balaban J connectivity index is 2.02. The lowest BCUT2D eigenvalue weighted by Gasteiger charge is -2.26. The summed E-state index contributed by atoms with van der Waals surface area (Å²) in [4.78, 5) is 16.0. The molecule has 1 aromatic rings. The molecule has 106 valence electrons. The maximum absolute atomic E-state index is 11.5. The summed E-state index contributed by atoms with van der Waals surface area (Å²) in [5, 5.41) is 4.21. The van der Waals surface area contributed by atoms with E-state index in [1.54, 1.807) is 0 Å². The Hall–Kier alpha value is -0.460. The number of carbonyl (C=O) groups excluding carboxylic acids is 1. The Labute approximate surface area is 126 Å². The molecule has 1 fully saturated rings. The molecule has 2 rings (SSSR count). The monoisotopic (exact) mass is 320 g/mol. The summed E-state index contributed by atoms with van der Waals surface area (Å²) in [6.07, 6.45) is 7.18. The number of hydrogen-bond donors (Lipinski definition) is 1. The van der Waals surface area contributed by atoms with Gasteiger partial charge in [-0.05, 0) is 19.1 Å². The van der Waals surface area contributed by atoms with Crippen molar-refractivity contribution in [3.63, 3.8) is 0 Å². The van der Waals surface area contributed by atoms with Gasteiger partial charge in [-0.2, -0.15) is 11.8 Å². The predicted molar refractivity (Wildman–Crippen MR) is 81.7 cm³/mol. The van der Waals surface area contributed by atoms with E-state index in [4.69, 9.17) is 11.6 Å². The van der Waals surface area contributed by atoms with E-state index in [0.29, 0.717) is 14.8 Å². The second-order valence-electron chi connectivity index (χ2n) is 4.58. The Morgan fingerprint density at radius 1 is 1.58 bits per heavy atom. The van der Waals surface area contributed by atoms with Crippen LogP contribution in [0.1, 0.15) is 35.4 Å². The highest BCUT2D eigenvalue weighted by molar-refractivity contribution is 8.00. The van der Waals surface area contributed by atoms with Crippen molar-refractivity contribution in [3.05, 3.63) is 10.0 Å². The molecule has 19 heavy (non-hydrogen) atoms. The topological polar surface area (TPSA) is 51.2 Å². The molecule has 0 atom stereocenters. The largest absolute Gasteiger partial charge is 0.465 e. The fourth-order valence-corrected chi connectivity index (χ4v) is 4.32. The second kappa shape index (κ2) is 6.33. The highest BCUT2D eigenvalue weighted by atomic mass is 35.5. The normalized spacial score (nSPS) is 17.4. The molecule has 0 aliphatic heterocycles. The van der Waals surface area contributed by atoms with Crippen molar-refractivity contribution in [1.29, 1.82) is 0 Å². The summed E-state index contributed by atoms with van der Waals surface area (Å²) in [5.74, 6) is -0.434. The van der Waals surface area contributed by atoms with Crippen LogP contribution in [0.15, 0.2) is 0 Å². The number of methoxy groups -OCH3 is 1. The van der Waals surface area contributed by atoms with Crippen LogP contribution >= 0.6 is 34.7 Å². The smallest absolute Gasteiger partial charge is 0.351 e. The summed E-state index contributed by atoms with van der Waals surface area (Å²) < 4.78 is 4.96. The number of carbonyl (C=O) groups is 1. The summed E-state index contributed by atoms with van der Waals surface area (Å²) in [6.45, 7) is 0.860. The fourth-order valence-electron chi connectivity index (χ4n) is 2.30. The van der Waals surface area contributed by atoms with Gasteiger partial charge < -0.3 is 10.1 Å². The minimum Gasteiger partial charge on any atom is -0.465 e. The fraction of sp³-hybridized carbons (Fsp3) is 0.667. The molecular weight excluding hydrogens is 304 g/mol. The van der Waals surface area contributed by atoms with Crippen molar-refractivity contribution in [2.75, 3.05) is 25.2 Å².